The number of rotatable bonds is 9. The van der Waals surface area contributed by atoms with Gasteiger partial charge in [0.2, 0.25) is 11.8 Å². The molecule has 1 saturated heterocycles. The number of hydrogen-bond acceptors (Lipinski definition) is 7. The third-order valence-electron chi connectivity index (χ3n) is 8.68. The van der Waals surface area contributed by atoms with Crippen molar-refractivity contribution in [2.24, 2.45) is 5.41 Å². The van der Waals surface area contributed by atoms with Crippen LogP contribution in [-0.2, 0) is 9.59 Å². The summed E-state index contributed by atoms with van der Waals surface area (Å²) in [6.45, 7) is 1.98. The van der Waals surface area contributed by atoms with Crippen molar-refractivity contribution in [3.63, 3.8) is 0 Å². The summed E-state index contributed by atoms with van der Waals surface area (Å²) in [7, 11) is 1.64. The monoisotopic (exact) mass is 620 g/mol. The fourth-order valence-corrected chi connectivity index (χ4v) is 5.83. The Morgan fingerprint density at radius 2 is 1.61 bits per heavy atom. The van der Waals surface area contributed by atoms with E-state index >= 15 is 0 Å². The number of pyridine rings is 1. The molecule has 2 aliphatic rings. The van der Waals surface area contributed by atoms with Crippen LogP contribution < -0.4 is 25.4 Å². The van der Waals surface area contributed by atoms with Gasteiger partial charge in [0, 0.05) is 40.3 Å². The maximum absolute atomic E-state index is 13.2. The van der Waals surface area contributed by atoms with Crippen molar-refractivity contribution in [3.8, 4) is 28.4 Å². The largest absolute Gasteiger partial charge is 0.496 e. The summed E-state index contributed by atoms with van der Waals surface area (Å²) in [6, 6.07) is 18.5. The fourth-order valence-electron chi connectivity index (χ4n) is 5.83. The highest BCUT2D eigenvalue weighted by atomic mass is 19.1. The Kier molecular flexibility index (Phi) is 7.83. The molecule has 5 aromatic rings. The van der Waals surface area contributed by atoms with E-state index in [2.05, 4.69) is 32.2 Å². The molecule has 10 nitrogen and oxygen atoms in total. The number of hydrogen-bond donors (Lipinski definition) is 3. The van der Waals surface area contributed by atoms with E-state index in [1.54, 1.807) is 43.6 Å². The maximum Gasteiger partial charge on any atom is 0.240 e. The van der Waals surface area contributed by atoms with Gasteiger partial charge in [0.25, 0.3) is 0 Å². The molecule has 0 spiro atoms. The maximum atomic E-state index is 13.2. The average Bonchev–Trinajstić information content (AvgIpc) is 3.76. The number of nitrogens with one attached hydrogen (secondary N) is 3. The molecule has 46 heavy (non-hydrogen) atoms. The van der Waals surface area contributed by atoms with E-state index in [-0.39, 0.29) is 5.91 Å². The van der Waals surface area contributed by atoms with Gasteiger partial charge in [-0.25, -0.2) is 4.39 Å². The third kappa shape index (κ3) is 5.89. The van der Waals surface area contributed by atoms with Crippen LogP contribution in [0.15, 0.2) is 85.3 Å². The van der Waals surface area contributed by atoms with Gasteiger partial charge >= 0.3 is 0 Å². The molecule has 3 heterocycles. The number of amides is 2. The Morgan fingerprint density at radius 1 is 0.935 bits per heavy atom. The van der Waals surface area contributed by atoms with E-state index < -0.39 is 17.1 Å². The Hall–Kier alpha value is -5.29. The van der Waals surface area contributed by atoms with Gasteiger partial charge in [-0.1, -0.05) is 0 Å². The molecule has 234 valence electrons. The first-order valence-corrected chi connectivity index (χ1v) is 15.3. The summed E-state index contributed by atoms with van der Waals surface area (Å²) in [4.78, 5) is 30.6. The molecule has 1 saturated carbocycles. The second kappa shape index (κ2) is 12.2. The molecule has 0 radical (unpaired) electrons. The van der Waals surface area contributed by atoms with E-state index in [0.717, 1.165) is 48.0 Å². The van der Waals surface area contributed by atoms with Crippen LogP contribution >= 0.6 is 0 Å². The second-order valence-electron chi connectivity index (χ2n) is 11.7. The number of carbonyl (C=O) groups is 2. The van der Waals surface area contributed by atoms with Crippen LogP contribution in [0.1, 0.15) is 31.7 Å². The van der Waals surface area contributed by atoms with Crippen LogP contribution in [0.5, 0.6) is 17.2 Å². The molecular formula is C35H33FN6O4. The van der Waals surface area contributed by atoms with Gasteiger partial charge in [-0.05, 0) is 106 Å². The van der Waals surface area contributed by atoms with Gasteiger partial charge < -0.3 is 25.4 Å². The Bertz CT molecular complexity index is 1900. The van der Waals surface area contributed by atoms with Crippen LogP contribution in [0.2, 0.25) is 0 Å². The predicted molar refractivity (Wildman–Crippen MR) is 172 cm³/mol. The number of fused-ring (bicyclic) bond motifs is 1. The zero-order chi connectivity index (χ0) is 31.7. The molecule has 2 amide bonds. The molecule has 1 aliphatic carbocycles. The quantitative estimate of drug-likeness (QED) is 0.165. The van der Waals surface area contributed by atoms with Crippen LogP contribution in [-0.4, -0.2) is 46.8 Å². The van der Waals surface area contributed by atoms with E-state index in [9.17, 15) is 14.0 Å². The van der Waals surface area contributed by atoms with Gasteiger partial charge in [0.15, 0.2) is 0 Å². The van der Waals surface area contributed by atoms with Crippen LogP contribution in [0, 0.1) is 11.2 Å². The lowest BCUT2D eigenvalue weighted by Gasteiger charge is -2.22. The number of carbonyl (C=O) groups excluding carboxylic acids is 2. The van der Waals surface area contributed by atoms with E-state index in [1.165, 1.54) is 24.3 Å². The SMILES string of the molecule is COc1cc2c(Oc3ccc(NC(=O)C4(C(=O)Nc5ccc(F)cc5)CC4)cc3)ccnc2cc1-c1cnn(C2CCNCC2)c1. The average molecular weight is 621 g/mol. The molecule has 0 atom stereocenters. The molecular weight excluding hydrogens is 587 g/mol. The summed E-state index contributed by atoms with van der Waals surface area (Å²) in [5.41, 5.74) is 2.44. The molecule has 2 aromatic heterocycles. The first-order chi connectivity index (χ1) is 22.4. The van der Waals surface area contributed by atoms with E-state index in [0.29, 0.717) is 47.5 Å². The summed E-state index contributed by atoms with van der Waals surface area (Å²) in [5, 5.41) is 14.4. The summed E-state index contributed by atoms with van der Waals surface area (Å²) in [6.07, 6.45) is 8.61. The lowest BCUT2D eigenvalue weighted by molar-refractivity contribution is -0.131. The normalized spacial score (nSPS) is 15.7. The number of benzene rings is 3. The lowest BCUT2D eigenvalue weighted by atomic mass is 10.0. The van der Waals surface area contributed by atoms with Gasteiger partial charge in [-0.3, -0.25) is 19.3 Å². The number of aromatic nitrogens is 3. The Labute approximate surface area is 264 Å². The standard InChI is InChI=1S/C35H33FN6O4/c1-45-32-19-29-30(18-28(32)22-20-39-42(21-22)26-10-15-37-16-11-26)38-17-12-31(29)46-27-8-6-25(7-9-27)41-34(44)35(13-14-35)33(43)40-24-4-2-23(36)3-5-24/h2-9,12,17-21,26,37H,10-11,13-16H2,1H3,(H,40,43)(H,41,44). The summed E-state index contributed by atoms with van der Waals surface area (Å²) < 4.78 is 27.3. The zero-order valence-electron chi connectivity index (χ0n) is 25.3. The molecule has 3 aromatic carbocycles. The summed E-state index contributed by atoms with van der Waals surface area (Å²) >= 11 is 0. The minimum atomic E-state index is -1.15. The number of nitrogens with zero attached hydrogens (tertiary/aromatic N) is 3. The van der Waals surface area contributed by atoms with Crippen molar-refractivity contribution in [1.29, 1.82) is 0 Å². The molecule has 2 fully saturated rings. The number of anilines is 2. The highest BCUT2D eigenvalue weighted by Crippen LogP contribution is 2.47. The first kappa shape index (κ1) is 29.4. The number of ether oxygens (including phenoxy) is 2. The highest BCUT2D eigenvalue weighted by Gasteiger charge is 2.56. The molecule has 11 heteroatoms. The number of piperidine rings is 1. The first-order valence-electron chi connectivity index (χ1n) is 15.3. The third-order valence-corrected chi connectivity index (χ3v) is 8.68. The Balaban J connectivity index is 1.05. The smallest absolute Gasteiger partial charge is 0.240 e. The van der Waals surface area contributed by atoms with Crippen LogP contribution in [0.25, 0.3) is 22.0 Å². The minimum Gasteiger partial charge on any atom is -0.496 e. The lowest BCUT2D eigenvalue weighted by Crippen LogP contribution is -2.35. The minimum absolute atomic E-state index is 0.376. The number of halogens is 1. The Morgan fingerprint density at radius 3 is 2.26 bits per heavy atom. The van der Waals surface area contributed by atoms with Crippen molar-refractivity contribution in [2.45, 2.75) is 31.7 Å². The second-order valence-corrected chi connectivity index (χ2v) is 11.7. The predicted octanol–water partition coefficient (Wildman–Crippen LogP) is 6.32. The fraction of sp³-hybridized carbons (Fsp3) is 0.257. The van der Waals surface area contributed by atoms with Crippen molar-refractivity contribution in [2.75, 3.05) is 30.8 Å². The molecule has 3 N–H and O–H groups in total. The highest BCUT2D eigenvalue weighted by molar-refractivity contribution is 6.16. The van der Waals surface area contributed by atoms with Crippen LogP contribution in [0.3, 0.4) is 0 Å². The van der Waals surface area contributed by atoms with Crippen molar-refractivity contribution < 1.29 is 23.5 Å². The van der Waals surface area contributed by atoms with Crippen molar-refractivity contribution in [1.82, 2.24) is 20.1 Å². The summed E-state index contributed by atoms with van der Waals surface area (Å²) in [5.74, 6) is 0.659. The van der Waals surface area contributed by atoms with Crippen molar-refractivity contribution in [3.05, 3.63) is 91.1 Å². The van der Waals surface area contributed by atoms with E-state index in [1.807, 2.05) is 23.0 Å². The molecule has 1 aliphatic heterocycles. The van der Waals surface area contributed by atoms with Gasteiger partial charge in [0.1, 0.15) is 28.5 Å². The zero-order valence-corrected chi connectivity index (χ0v) is 25.3. The van der Waals surface area contributed by atoms with E-state index in [4.69, 9.17) is 9.47 Å². The molecule has 7 rings (SSSR count). The molecule has 0 unspecified atom stereocenters. The molecule has 0 bridgehead atoms. The van der Waals surface area contributed by atoms with Gasteiger partial charge in [-0.15, -0.1) is 0 Å². The topological polar surface area (TPSA) is 119 Å². The van der Waals surface area contributed by atoms with Crippen LogP contribution in [0.4, 0.5) is 15.8 Å². The van der Waals surface area contributed by atoms with Crippen molar-refractivity contribution >= 4 is 34.1 Å². The van der Waals surface area contributed by atoms with Gasteiger partial charge in [-0.2, -0.15) is 5.10 Å². The number of methoxy groups -OCH3 is 1. The van der Waals surface area contributed by atoms with Gasteiger partial charge in [0.05, 0.1) is 24.9 Å².